The molecule has 2 aliphatic rings. The lowest BCUT2D eigenvalue weighted by molar-refractivity contribution is -0.411. The van der Waals surface area contributed by atoms with E-state index < -0.39 is 0 Å². The van der Waals surface area contributed by atoms with Gasteiger partial charge in [0.1, 0.15) is 0 Å². The Balaban J connectivity index is 1.79. The topological polar surface area (TPSA) is 3.01 Å². The maximum atomic E-state index is 2.42. The Labute approximate surface area is 118 Å². The Bertz CT molecular complexity index is 658. The van der Waals surface area contributed by atoms with Crippen LogP contribution in [0.2, 0.25) is 0 Å². The molecular formula is C17H16NS+. The minimum Gasteiger partial charge on any atom is -0.188 e. The highest BCUT2D eigenvalue weighted by Crippen LogP contribution is 2.33. The smallest absolute Gasteiger partial charge is 0.188 e. The number of para-hydroxylation sites is 1. The zero-order valence-corrected chi connectivity index (χ0v) is 11.6. The van der Waals surface area contributed by atoms with E-state index in [1.165, 1.54) is 35.4 Å². The Hall–Kier alpha value is -1.54. The summed E-state index contributed by atoms with van der Waals surface area (Å²) in [5.74, 6) is 1.01. The molecule has 2 heteroatoms. The van der Waals surface area contributed by atoms with Crippen molar-refractivity contribution >= 4 is 23.7 Å². The summed E-state index contributed by atoms with van der Waals surface area (Å²) >= 11 is 1.95. The van der Waals surface area contributed by atoms with Crippen LogP contribution in [0, 0.1) is 0 Å². The van der Waals surface area contributed by atoms with Crippen LogP contribution < -0.4 is 0 Å². The van der Waals surface area contributed by atoms with Crippen LogP contribution in [-0.4, -0.2) is 16.7 Å². The number of fused-ring (bicyclic) bond motifs is 2. The summed E-state index contributed by atoms with van der Waals surface area (Å²) in [4.78, 5) is 1.45. The van der Waals surface area contributed by atoms with Crippen molar-refractivity contribution in [3.8, 4) is 0 Å². The van der Waals surface area contributed by atoms with Gasteiger partial charge in [-0.3, -0.25) is 0 Å². The Morgan fingerprint density at radius 3 is 2.58 bits per heavy atom. The molecule has 0 aromatic heterocycles. The molecule has 0 N–H and O–H groups in total. The Morgan fingerprint density at radius 2 is 1.74 bits per heavy atom. The fourth-order valence-electron chi connectivity index (χ4n) is 2.96. The second-order valence-corrected chi connectivity index (χ2v) is 6.21. The average Bonchev–Trinajstić information content (AvgIpc) is 2.92. The van der Waals surface area contributed by atoms with Crippen molar-refractivity contribution in [2.45, 2.75) is 24.2 Å². The lowest BCUT2D eigenvalue weighted by Gasteiger charge is -2.13. The standard InChI is InChI=1S/C17H16NS/c1-2-7-16(8-3-1)18-11-15-9-13-5-4-6-14(13)10-17(15)19-12-18/h1-3,7-11H,4-6,12H2/q+1. The Kier molecular flexibility index (Phi) is 2.70. The summed E-state index contributed by atoms with van der Waals surface area (Å²) in [5, 5.41) is 0. The molecule has 0 saturated carbocycles. The molecule has 19 heavy (non-hydrogen) atoms. The maximum absolute atomic E-state index is 2.42. The summed E-state index contributed by atoms with van der Waals surface area (Å²) in [6, 6.07) is 15.4. The van der Waals surface area contributed by atoms with Crippen molar-refractivity contribution in [1.82, 2.24) is 0 Å². The minimum atomic E-state index is 1.01. The van der Waals surface area contributed by atoms with Crippen LogP contribution in [0.25, 0.3) is 0 Å². The molecule has 0 amide bonds. The second-order valence-electron chi connectivity index (χ2n) is 5.22. The molecular weight excluding hydrogens is 250 g/mol. The van der Waals surface area contributed by atoms with Crippen LogP contribution in [0.5, 0.6) is 0 Å². The van der Waals surface area contributed by atoms with Gasteiger partial charge in [-0.2, -0.15) is 4.58 Å². The molecule has 2 aromatic carbocycles. The fraction of sp³-hybridized carbons (Fsp3) is 0.235. The van der Waals surface area contributed by atoms with Gasteiger partial charge in [0.2, 0.25) is 5.69 Å². The highest BCUT2D eigenvalue weighted by molar-refractivity contribution is 7.99. The van der Waals surface area contributed by atoms with Crippen LogP contribution >= 0.6 is 11.8 Å². The van der Waals surface area contributed by atoms with E-state index in [9.17, 15) is 0 Å². The molecule has 2 aromatic rings. The van der Waals surface area contributed by atoms with E-state index >= 15 is 0 Å². The third-order valence-electron chi connectivity index (χ3n) is 3.97. The first-order chi connectivity index (χ1) is 9.40. The lowest BCUT2D eigenvalue weighted by Crippen LogP contribution is -2.13. The molecule has 0 spiro atoms. The van der Waals surface area contributed by atoms with Gasteiger partial charge in [-0.05, 0) is 42.5 Å². The highest BCUT2D eigenvalue weighted by Gasteiger charge is 2.21. The summed E-state index contributed by atoms with van der Waals surface area (Å²) in [6.07, 6.45) is 6.16. The van der Waals surface area contributed by atoms with Gasteiger partial charge in [0.25, 0.3) is 0 Å². The first-order valence-corrected chi connectivity index (χ1v) is 7.84. The zero-order chi connectivity index (χ0) is 12.7. The first-order valence-electron chi connectivity index (χ1n) is 6.85. The van der Waals surface area contributed by atoms with Crippen molar-refractivity contribution in [3.05, 3.63) is 59.2 Å². The van der Waals surface area contributed by atoms with E-state index in [-0.39, 0.29) is 0 Å². The molecule has 0 unspecified atom stereocenters. The summed E-state index contributed by atoms with van der Waals surface area (Å²) in [7, 11) is 0. The number of rotatable bonds is 1. The Morgan fingerprint density at radius 1 is 0.947 bits per heavy atom. The number of aryl methyl sites for hydroxylation is 2. The number of hydrogen-bond acceptors (Lipinski definition) is 1. The van der Waals surface area contributed by atoms with Gasteiger partial charge in [-0.25, -0.2) is 0 Å². The van der Waals surface area contributed by atoms with Crippen LogP contribution in [0.1, 0.15) is 23.1 Å². The minimum absolute atomic E-state index is 1.01. The number of benzene rings is 2. The van der Waals surface area contributed by atoms with Crippen LogP contribution in [-0.2, 0) is 12.8 Å². The monoisotopic (exact) mass is 266 g/mol. The quantitative estimate of drug-likeness (QED) is 0.705. The molecule has 0 atom stereocenters. The highest BCUT2D eigenvalue weighted by atomic mass is 32.2. The molecule has 94 valence electrons. The predicted molar refractivity (Wildman–Crippen MR) is 80.7 cm³/mol. The van der Waals surface area contributed by atoms with Gasteiger partial charge < -0.3 is 0 Å². The normalized spacial score (nSPS) is 16.7. The van der Waals surface area contributed by atoms with Gasteiger partial charge in [-0.1, -0.05) is 30.0 Å². The van der Waals surface area contributed by atoms with Gasteiger partial charge in [-0.15, -0.1) is 0 Å². The molecule has 0 fully saturated rings. The van der Waals surface area contributed by atoms with Gasteiger partial charge >= 0.3 is 0 Å². The zero-order valence-electron chi connectivity index (χ0n) is 10.8. The predicted octanol–water partition coefficient (Wildman–Crippen LogP) is 4.00. The van der Waals surface area contributed by atoms with E-state index in [4.69, 9.17) is 0 Å². The molecule has 0 bridgehead atoms. The summed E-state index contributed by atoms with van der Waals surface area (Å²) < 4.78 is 2.34. The molecule has 1 aliphatic carbocycles. The van der Waals surface area contributed by atoms with E-state index in [2.05, 4.69) is 53.3 Å². The van der Waals surface area contributed by atoms with Crippen LogP contribution in [0.15, 0.2) is 47.4 Å². The molecule has 1 nitrogen and oxygen atoms in total. The largest absolute Gasteiger partial charge is 0.205 e. The first kappa shape index (κ1) is 11.3. The molecule has 4 rings (SSSR count). The van der Waals surface area contributed by atoms with Crippen molar-refractivity contribution in [3.63, 3.8) is 0 Å². The number of nitrogens with zero attached hydrogens (tertiary/aromatic N) is 1. The fourth-order valence-corrected chi connectivity index (χ4v) is 3.96. The van der Waals surface area contributed by atoms with Gasteiger partial charge in [0.15, 0.2) is 12.1 Å². The van der Waals surface area contributed by atoms with E-state index in [0.29, 0.717) is 0 Å². The molecule has 1 heterocycles. The molecule has 1 aliphatic heterocycles. The van der Waals surface area contributed by atoms with Gasteiger partial charge in [0.05, 0.1) is 5.56 Å². The number of thioether (sulfide) groups is 1. The maximum Gasteiger partial charge on any atom is 0.205 e. The van der Waals surface area contributed by atoms with E-state index in [1.807, 2.05) is 11.8 Å². The van der Waals surface area contributed by atoms with Crippen molar-refractivity contribution < 1.29 is 4.58 Å². The van der Waals surface area contributed by atoms with Crippen LogP contribution in [0.3, 0.4) is 0 Å². The summed E-state index contributed by atoms with van der Waals surface area (Å²) in [6.45, 7) is 0. The lowest BCUT2D eigenvalue weighted by atomic mass is 10.1. The van der Waals surface area contributed by atoms with Crippen LogP contribution in [0.4, 0.5) is 5.69 Å². The third kappa shape index (κ3) is 2.00. The number of hydrogen-bond donors (Lipinski definition) is 0. The molecule has 0 radical (unpaired) electrons. The molecule has 0 saturated heterocycles. The third-order valence-corrected chi connectivity index (χ3v) is 5.04. The van der Waals surface area contributed by atoms with E-state index in [1.54, 1.807) is 11.1 Å². The average molecular weight is 266 g/mol. The SMILES string of the molecule is C1=[N+](c2ccccc2)CSc2cc3c(cc21)CCC3. The van der Waals surface area contributed by atoms with E-state index in [0.717, 1.165) is 5.88 Å². The second kappa shape index (κ2) is 4.53. The van der Waals surface area contributed by atoms with Crippen molar-refractivity contribution in [2.24, 2.45) is 0 Å². The summed E-state index contributed by atoms with van der Waals surface area (Å²) in [5.41, 5.74) is 5.81. The van der Waals surface area contributed by atoms with Gasteiger partial charge in [0, 0.05) is 17.0 Å². The van der Waals surface area contributed by atoms with Crippen molar-refractivity contribution in [1.29, 1.82) is 0 Å². The van der Waals surface area contributed by atoms with Crippen molar-refractivity contribution in [2.75, 3.05) is 5.88 Å².